The minimum absolute atomic E-state index is 0.354. The lowest BCUT2D eigenvalue weighted by Gasteiger charge is -1.96. The molecule has 3 heteroatoms. The normalized spacial score (nSPS) is 11.4. The van der Waals surface area contributed by atoms with Crippen LogP contribution < -0.4 is 11.1 Å². The van der Waals surface area contributed by atoms with Crippen LogP contribution >= 0.6 is 0 Å². The third-order valence-corrected chi connectivity index (χ3v) is 0.697. The molecular formula is C4H10N2O. The Balaban J connectivity index is 3.38. The average molecular weight is 102 g/mol. The number of rotatable bonds is 2. The molecule has 0 bridgehead atoms. The molecule has 7 heavy (non-hydrogen) atoms. The summed E-state index contributed by atoms with van der Waals surface area (Å²) in [6.45, 7) is 0.354. The van der Waals surface area contributed by atoms with Gasteiger partial charge in [0.05, 0.1) is 12.0 Å². The summed E-state index contributed by atoms with van der Waals surface area (Å²) < 4.78 is 0. The maximum Gasteiger partial charge on any atom is 0.0994 e. The first kappa shape index (κ1) is 6.30. The van der Waals surface area contributed by atoms with Crippen LogP contribution in [0.5, 0.6) is 0 Å². The van der Waals surface area contributed by atoms with Crippen molar-refractivity contribution >= 4 is 0 Å². The Morgan fingerprint density at radius 2 is 2.57 bits per heavy atom. The van der Waals surface area contributed by atoms with Crippen molar-refractivity contribution in [2.75, 3.05) is 13.6 Å². The fourth-order valence-corrected chi connectivity index (χ4v) is 0.219. The molecule has 0 saturated carbocycles. The van der Waals surface area contributed by atoms with E-state index in [1.807, 2.05) is 0 Å². The minimum atomic E-state index is 0.354. The lowest BCUT2D eigenvalue weighted by atomic mass is 10.5. The Kier molecular flexibility index (Phi) is 3.14. The van der Waals surface area contributed by atoms with Crippen LogP contribution in [0.3, 0.4) is 0 Å². The first-order valence-corrected chi connectivity index (χ1v) is 2.06. The summed E-state index contributed by atoms with van der Waals surface area (Å²) in [6.07, 6.45) is 0.958. The standard InChI is InChI=1S/C4H10N2O/c1-6-4(2-5)3-7/h3,6-7H,2,5H2,1H3/b4-3-. The second-order valence-electron chi connectivity index (χ2n) is 1.11. The minimum Gasteiger partial charge on any atom is -0.514 e. The molecule has 42 valence electrons. The van der Waals surface area contributed by atoms with Gasteiger partial charge in [0.15, 0.2) is 0 Å². The molecule has 4 N–H and O–H groups in total. The van der Waals surface area contributed by atoms with E-state index in [4.69, 9.17) is 10.8 Å². The quantitative estimate of drug-likeness (QED) is 0.414. The molecule has 0 aromatic heterocycles. The summed E-state index contributed by atoms with van der Waals surface area (Å²) in [7, 11) is 1.70. The zero-order chi connectivity index (χ0) is 5.70. The molecular weight excluding hydrogens is 92.1 g/mol. The van der Waals surface area contributed by atoms with Gasteiger partial charge in [-0.15, -0.1) is 0 Å². The van der Waals surface area contributed by atoms with Crippen molar-refractivity contribution in [1.82, 2.24) is 5.32 Å². The topological polar surface area (TPSA) is 58.3 Å². The molecule has 0 fully saturated rings. The molecule has 3 nitrogen and oxygen atoms in total. The molecule has 0 rings (SSSR count). The van der Waals surface area contributed by atoms with Crippen LogP contribution in [-0.2, 0) is 0 Å². The lowest BCUT2D eigenvalue weighted by Crippen LogP contribution is -2.15. The average Bonchev–Trinajstić information content (AvgIpc) is 1.72. The van der Waals surface area contributed by atoms with E-state index in [2.05, 4.69) is 5.32 Å². The van der Waals surface area contributed by atoms with Crippen molar-refractivity contribution in [2.45, 2.75) is 0 Å². The van der Waals surface area contributed by atoms with Gasteiger partial charge in [-0.3, -0.25) is 0 Å². The second kappa shape index (κ2) is 3.49. The van der Waals surface area contributed by atoms with Crippen molar-refractivity contribution < 1.29 is 5.11 Å². The van der Waals surface area contributed by atoms with Crippen LogP contribution in [0.25, 0.3) is 0 Å². The van der Waals surface area contributed by atoms with Gasteiger partial charge in [-0.25, -0.2) is 0 Å². The van der Waals surface area contributed by atoms with Gasteiger partial charge in [0.1, 0.15) is 0 Å². The van der Waals surface area contributed by atoms with Crippen LogP contribution in [0.2, 0.25) is 0 Å². The Labute approximate surface area is 42.8 Å². The van der Waals surface area contributed by atoms with Gasteiger partial charge in [-0.05, 0) is 0 Å². The van der Waals surface area contributed by atoms with Crippen molar-refractivity contribution in [3.63, 3.8) is 0 Å². The van der Waals surface area contributed by atoms with Crippen molar-refractivity contribution in [2.24, 2.45) is 5.73 Å². The van der Waals surface area contributed by atoms with E-state index >= 15 is 0 Å². The van der Waals surface area contributed by atoms with Crippen LogP contribution in [0.4, 0.5) is 0 Å². The van der Waals surface area contributed by atoms with Crippen molar-refractivity contribution in [3.05, 3.63) is 12.0 Å². The van der Waals surface area contributed by atoms with Gasteiger partial charge in [0.2, 0.25) is 0 Å². The summed E-state index contributed by atoms with van der Waals surface area (Å²) in [4.78, 5) is 0. The molecule has 0 spiro atoms. The molecule has 0 aliphatic carbocycles. The highest BCUT2D eigenvalue weighted by atomic mass is 16.2. The Bertz CT molecular complexity index is 64.1. The van der Waals surface area contributed by atoms with E-state index in [1.54, 1.807) is 7.05 Å². The molecule has 0 amide bonds. The fourth-order valence-electron chi connectivity index (χ4n) is 0.219. The predicted molar refractivity (Wildman–Crippen MR) is 28.8 cm³/mol. The van der Waals surface area contributed by atoms with Crippen LogP contribution in [0.1, 0.15) is 0 Å². The number of hydrogen-bond donors (Lipinski definition) is 3. The third-order valence-electron chi connectivity index (χ3n) is 0.697. The fraction of sp³-hybridized carbons (Fsp3) is 0.500. The lowest BCUT2D eigenvalue weighted by molar-refractivity contribution is 0.461. The second-order valence-corrected chi connectivity index (χ2v) is 1.11. The van der Waals surface area contributed by atoms with E-state index in [0.29, 0.717) is 12.2 Å². The smallest absolute Gasteiger partial charge is 0.0994 e. The number of nitrogens with two attached hydrogens (primary N) is 1. The summed E-state index contributed by atoms with van der Waals surface area (Å²) in [5, 5.41) is 10.9. The highest BCUT2D eigenvalue weighted by molar-refractivity contribution is 4.93. The van der Waals surface area contributed by atoms with Crippen LogP contribution in [0, 0.1) is 0 Å². The van der Waals surface area contributed by atoms with E-state index in [9.17, 15) is 0 Å². The highest BCUT2D eigenvalue weighted by Gasteiger charge is 1.82. The maximum absolute atomic E-state index is 8.22. The van der Waals surface area contributed by atoms with Gasteiger partial charge in [0, 0.05) is 13.6 Å². The van der Waals surface area contributed by atoms with E-state index in [0.717, 1.165) is 6.26 Å². The van der Waals surface area contributed by atoms with E-state index in [-0.39, 0.29) is 0 Å². The van der Waals surface area contributed by atoms with Crippen LogP contribution in [-0.4, -0.2) is 18.7 Å². The van der Waals surface area contributed by atoms with Crippen molar-refractivity contribution in [3.8, 4) is 0 Å². The molecule has 0 aromatic carbocycles. The number of likely N-dealkylation sites (N-methyl/N-ethyl adjacent to an activating group) is 1. The number of aliphatic hydroxyl groups excluding tert-OH is 1. The number of hydrogen-bond acceptors (Lipinski definition) is 3. The Morgan fingerprint density at radius 3 is 2.57 bits per heavy atom. The molecule has 0 radical (unpaired) electrons. The van der Waals surface area contributed by atoms with Gasteiger partial charge in [-0.2, -0.15) is 0 Å². The Hall–Kier alpha value is -0.700. The van der Waals surface area contributed by atoms with E-state index < -0.39 is 0 Å². The summed E-state index contributed by atoms with van der Waals surface area (Å²) in [6, 6.07) is 0. The first-order valence-electron chi connectivity index (χ1n) is 2.06. The molecule has 0 atom stereocenters. The summed E-state index contributed by atoms with van der Waals surface area (Å²) in [5.74, 6) is 0. The van der Waals surface area contributed by atoms with Gasteiger partial charge < -0.3 is 16.2 Å². The van der Waals surface area contributed by atoms with Crippen molar-refractivity contribution in [1.29, 1.82) is 0 Å². The molecule has 0 aromatic rings. The summed E-state index contributed by atoms with van der Waals surface area (Å²) >= 11 is 0. The zero-order valence-corrected chi connectivity index (χ0v) is 4.31. The monoisotopic (exact) mass is 102 g/mol. The summed E-state index contributed by atoms with van der Waals surface area (Å²) in [5.41, 5.74) is 5.74. The molecule has 0 aliphatic rings. The maximum atomic E-state index is 8.22. The first-order chi connectivity index (χ1) is 3.35. The Morgan fingerprint density at radius 1 is 2.00 bits per heavy atom. The van der Waals surface area contributed by atoms with Crippen LogP contribution in [0.15, 0.2) is 12.0 Å². The highest BCUT2D eigenvalue weighted by Crippen LogP contribution is 1.75. The molecule has 0 heterocycles. The molecule has 0 saturated heterocycles. The number of nitrogens with one attached hydrogen (secondary N) is 1. The zero-order valence-electron chi connectivity index (χ0n) is 4.31. The van der Waals surface area contributed by atoms with Gasteiger partial charge in [0.25, 0.3) is 0 Å². The SMILES string of the molecule is CN/C(=C\O)CN. The van der Waals surface area contributed by atoms with Gasteiger partial charge >= 0.3 is 0 Å². The van der Waals surface area contributed by atoms with E-state index in [1.165, 1.54) is 0 Å². The largest absolute Gasteiger partial charge is 0.514 e. The number of aliphatic hydroxyl groups is 1. The molecule has 0 aliphatic heterocycles. The third kappa shape index (κ3) is 2.05. The molecule has 0 unspecified atom stereocenters. The predicted octanol–water partition coefficient (Wildman–Crippen LogP) is -0.436. The van der Waals surface area contributed by atoms with Gasteiger partial charge in [-0.1, -0.05) is 0 Å².